The van der Waals surface area contributed by atoms with Crippen LogP contribution < -0.4 is 5.48 Å². The molecule has 4 nitrogen and oxygen atoms in total. The molecule has 2 aromatic rings. The number of pyridine rings is 1. The van der Waals surface area contributed by atoms with Gasteiger partial charge in [-0.05, 0) is 6.07 Å². The van der Waals surface area contributed by atoms with Crippen LogP contribution in [0.5, 0.6) is 0 Å². The van der Waals surface area contributed by atoms with Crippen molar-refractivity contribution in [3.05, 3.63) is 41.6 Å². The highest BCUT2D eigenvalue weighted by atomic mass is 19.4. The van der Waals surface area contributed by atoms with E-state index in [1.807, 2.05) is 5.48 Å². The molecule has 1 heterocycles. The number of fused-ring (bicyclic) bond motifs is 1. The molecule has 0 unspecified atom stereocenters. The molecule has 19 heavy (non-hydrogen) atoms. The van der Waals surface area contributed by atoms with Gasteiger partial charge in [0.2, 0.25) is 0 Å². The van der Waals surface area contributed by atoms with Crippen molar-refractivity contribution >= 4 is 16.8 Å². The van der Waals surface area contributed by atoms with Crippen LogP contribution in [0.2, 0.25) is 0 Å². The predicted molar refractivity (Wildman–Crippen MR) is 61.2 cm³/mol. The number of rotatable bonds is 2. The van der Waals surface area contributed by atoms with Gasteiger partial charge in [-0.3, -0.25) is 14.6 Å². The summed E-state index contributed by atoms with van der Waals surface area (Å²) in [6.45, 7) is 0. The number of aromatic nitrogens is 1. The maximum Gasteiger partial charge on any atom is 0.417 e. The first-order valence-electron chi connectivity index (χ1n) is 5.23. The van der Waals surface area contributed by atoms with Gasteiger partial charge in [-0.25, -0.2) is 5.48 Å². The molecular formula is C12H9F3N2O2. The van der Waals surface area contributed by atoms with Gasteiger partial charge in [0.15, 0.2) is 0 Å². The van der Waals surface area contributed by atoms with Crippen molar-refractivity contribution < 1.29 is 22.8 Å². The first-order valence-corrected chi connectivity index (χ1v) is 5.23. The summed E-state index contributed by atoms with van der Waals surface area (Å²) in [6.07, 6.45) is -3.78. The molecule has 0 aliphatic carbocycles. The summed E-state index contributed by atoms with van der Waals surface area (Å²) in [5.41, 5.74) is 0.434. The van der Waals surface area contributed by atoms with Crippen molar-refractivity contribution in [2.24, 2.45) is 0 Å². The maximum absolute atomic E-state index is 13.1. The smallest absolute Gasteiger partial charge is 0.277 e. The quantitative estimate of drug-likeness (QED) is 0.853. The van der Waals surface area contributed by atoms with Crippen LogP contribution in [0.1, 0.15) is 15.9 Å². The number of para-hydroxylation sites is 1. The van der Waals surface area contributed by atoms with Gasteiger partial charge in [-0.2, -0.15) is 13.2 Å². The summed E-state index contributed by atoms with van der Waals surface area (Å²) in [7, 11) is 1.14. The van der Waals surface area contributed by atoms with Gasteiger partial charge in [0.25, 0.3) is 5.91 Å². The Morgan fingerprint density at radius 2 is 2.00 bits per heavy atom. The molecule has 1 N–H and O–H groups in total. The number of nitrogens with one attached hydrogen (secondary N) is 1. The normalized spacial score (nSPS) is 11.6. The van der Waals surface area contributed by atoms with E-state index in [1.165, 1.54) is 18.2 Å². The molecule has 0 bridgehead atoms. The molecule has 1 aromatic heterocycles. The zero-order valence-corrected chi connectivity index (χ0v) is 9.78. The topological polar surface area (TPSA) is 51.2 Å². The Kier molecular flexibility index (Phi) is 3.39. The Labute approximate surface area is 106 Å². The van der Waals surface area contributed by atoms with E-state index < -0.39 is 23.2 Å². The van der Waals surface area contributed by atoms with Crippen molar-refractivity contribution in [2.45, 2.75) is 6.18 Å². The molecule has 0 fully saturated rings. The summed E-state index contributed by atoms with van der Waals surface area (Å²) < 4.78 is 39.4. The third kappa shape index (κ3) is 2.50. The largest absolute Gasteiger partial charge is 0.417 e. The number of carbonyl (C=O) groups excluding carboxylic acids is 1. The molecule has 0 spiro atoms. The minimum Gasteiger partial charge on any atom is -0.277 e. The number of hydrogen-bond donors (Lipinski definition) is 1. The van der Waals surface area contributed by atoms with Crippen molar-refractivity contribution in [3.8, 4) is 0 Å². The second-order valence-electron chi connectivity index (χ2n) is 3.70. The van der Waals surface area contributed by atoms with Crippen LogP contribution >= 0.6 is 0 Å². The van der Waals surface area contributed by atoms with Crippen LogP contribution in [0, 0.1) is 0 Å². The number of halogens is 3. The Bertz CT molecular complexity index is 626. The number of carbonyl (C=O) groups is 1. The summed E-state index contributed by atoms with van der Waals surface area (Å²) in [4.78, 5) is 19.8. The van der Waals surface area contributed by atoms with E-state index in [9.17, 15) is 18.0 Å². The monoisotopic (exact) mass is 270 g/mol. The fraction of sp³-hybridized carbons (Fsp3) is 0.167. The van der Waals surface area contributed by atoms with Gasteiger partial charge < -0.3 is 0 Å². The number of hydroxylamine groups is 1. The third-order valence-corrected chi connectivity index (χ3v) is 2.50. The summed E-state index contributed by atoms with van der Waals surface area (Å²) in [6, 6.07) is 5.75. The standard InChI is InChI=1S/C12H9F3N2O2/c1-19-17-11(18)8-6-16-9-5-3-2-4-7(9)10(8)12(13,14)15/h2-6H,1H3,(H,17,18). The zero-order chi connectivity index (χ0) is 14.0. The van der Waals surface area contributed by atoms with Gasteiger partial charge in [-0.15, -0.1) is 0 Å². The number of alkyl halides is 3. The average molecular weight is 270 g/mol. The number of nitrogens with zero attached hydrogens (tertiary/aromatic N) is 1. The Morgan fingerprint density at radius 1 is 1.32 bits per heavy atom. The molecule has 0 radical (unpaired) electrons. The van der Waals surface area contributed by atoms with E-state index in [2.05, 4.69) is 9.82 Å². The zero-order valence-electron chi connectivity index (χ0n) is 9.78. The summed E-state index contributed by atoms with van der Waals surface area (Å²) in [5.74, 6) is -0.993. The number of amides is 1. The second kappa shape index (κ2) is 4.85. The lowest BCUT2D eigenvalue weighted by Gasteiger charge is -2.14. The van der Waals surface area contributed by atoms with E-state index in [4.69, 9.17) is 0 Å². The highest BCUT2D eigenvalue weighted by Crippen LogP contribution is 2.36. The minimum atomic E-state index is -4.66. The fourth-order valence-corrected chi connectivity index (χ4v) is 1.77. The third-order valence-electron chi connectivity index (χ3n) is 2.50. The fourth-order valence-electron chi connectivity index (χ4n) is 1.77. The Morgan fingerprint density at radius 3 is 2.63 bits per heavy atom. The first kappa shape index (κ1) is 13.3. The lowest BCUT2D eigenvalue weighted by molar-refractivity contribution is -0.136. The first-order chi connectivity index (χ1) is 8.95. The van der Waals surface area contributed by atoms with Gasteiger partial charge in [0, 0.05) is 11.6 Å². The van der Waals surface area contributed by atoms with Crippen LogP contribution in [0.25, 0.3) is 10.9 Å². The van der Waals surface area contributed by atoms with Crippen molar-refractivity contribution in [1.29, 1.82) is 0 Å². The molecule has 1 amide bonds. The van der Waals surface area contributed by atoms with E-state index in [0.29, 0.717) is 0 Å². The van der Waals surface area contributed by atoms with Crippen LogP contribution in [0.3, 0.4) is 0 Å². The van der Waals surface area contributed by atoms with Crippen LogP contribution in [-0.4, -0.2) is 18.0 Å². The molecule has 7 heteroatoms. The SMILES string of the molecule is CONC(=O)c1cnc2ccccc2c1C(F)(F)F. The molecule has 0 saturated carbocycles. The highest BCUT2D eigenvalue weighted by molar-refractivity contribution is 6.00. The van der Waals surface area contributed by atoms with Crippen molar-refractivity contribution in [2.75, 3.05) is 7.11 Å². The van der Waals surface area contributed by atoms with Gasteiger partial charge >= 0.3 is 6.18 Å². The molecule has 1 aromatic carbocycles. The minimum absolute atomic E-state index is 0.126. The molecule has 2 rings (SSSR count). The molecule has 0 saturated heterocycles. The Hall–Kier alpha value is -2.15. The molecular weight excluding hydrogens is 261 g/mol. The number of benzene rings is 1. The molecule has 0 aliphatic rings. The lowest BCUT2D eigenvalue weighted by atomic mass is 10.0. The van der Waals surface area contributed by atoms with Gasteiger partial charge in [-0.1, -0.05) is 18.2 Å². The summed E-state index contributed by atoms with van der Waals surface area (Å²) in [5, 5.41) is -0.126. The van der Waals surface area contributed by atoms with E-state index in [1.54, 1.807) is 6.07 Å². The van der Waals surface area contributed by atoms with Crippen molar-refractivity contribution in [1.82, 2.24) is 10.5 Å². The summed E-state index contributed by atoms with van der Waals surface area (Å²) >= 11 is 0. The van der Waals surface area contributed by atoms with Gasteiger partial charge in [0.05, 0.1) is 23.8 Å². The lowest BCUT2D eigenvalue weighted by Crippen LogP contribution is -2.25. The highest BCUT2D eigenvalue weighted by Gasteiger charge is 2.37. The molecule has 0 atom stereocenters. The van der Waals surface area contributed by atoms with E-state index in [0.717, 1.165) is 13.3 Å². The van der Waals surface area contributed by atoms with Gasteiger partial charge in [0.1, 0.15) is 0 Å². The number of hydrogen-bond acceptors (Lipinski definition) is 3. The Balaban J connectivity index is 2.74. The van der Waals surface area contributed by atoms with Crippen molar-refractivity contribution in [3.63, 3.8) is 0 Å². The maximum atomic E-state index is 13.1. The van der Waals surface area contributed by atoms with E-state index in [-0.39, 0.29) is 10.9 Å². The van der Waals surface area contributed by atoms with E-state index >= 15 is 0 Å². The average Bonchev–Trinajstić information content (AvgIpc) is 2.36. The van der Waals surface area contributed by atoms with Crippen LogP contribution in [0.4, 0.5) is 13.2 Å². The molecule has 0 aliphatic heterocycles. The van der Waals surface area contributed by atoms with Crippen LogP contribution in [-0.2, 0) is 11.0 Å². The van der Waals surface area contributed by atoms with Crippen LogP contribution in [0.15, 0.2) is 30.5 Å². The molecule has 100 valence electrons. The second-order valence-corrected chi connectivity index (χ2v) is 3.70. The predicted octanol–water partition coefficient (Wildman–Crippen LogP) is 2.54.